The number of aromatic nitrogens is 4. The zero-order valence-corrected chi connectivity index (χ0v) is 16.0. The van der Waals surface area contributed by atoms with Crippen LogP contribution in [-0.4, -0.2) is 24.9 Å². The number of pyridine rings is 1. The Labute approximate surface area is 158 Å². The summed E-state index contributed by atoms with van der Waals surface area (Å²) >= 11 is 0. The zero-order valence-electron chi connectivity index (χ0n) is 16.0. The molecule has 0 radical (unpaired) electrons. The maximum Gasteiger partial charge on any atom is 0.172 e. The maximum atomic E-state index is 13.0. The summed E-state index contributed by atoms with van der Waals surface area (Å²) in [5.74, 6) is 0.0530. The van der Waals surface area contributed by atoms with E-state index in [4.69, 9.17) is 4.98 Å². The van der Waals surface area contributed by atoms with Gasteiger partial charge in [-0.05, 0) is 32.4 Å². The van der Waals surface area contributed by atoms with Gasteiger partial charge in [-0.2, -0.15) is 5.10 Å². The van der Waals surface area contributed by atoms with E-state index >= 15 is 0 Å². The summed E-state index contributed by atoms with van der Waals surface area (Å²) in [6, 6.07) is 12.3. The Morgan fingerprint density at radius 2 is 1.70 bits per heavy atom. The van der Waals surface area contributed by atoms with Gasteiger partial charge in [-0.15, -0.1) is 0 Å². The number of Topliss-reactive ketones (excluding diaryl/α,β-unsaturated/α-hetero) is 1. The summed E-state index contributed by atoms with van der Waals surface area (Å²) in [6.45, 7) is 6.02. The third-order valence-electron chi connectivity index (χ3n) is 5.05. The molecule has 3 heterocycles. The highest BCUT2D eigenvalue weighted by atomic mass is 16.1. The third kappa shape index (κ3) is 3.05. The highest BCUT2D eigenvalue weighted by Crippen LogP contribution is 2.27. The predicted molar refractivity (Wildman–Crippen MR) is 106 cm³/mol. The summed E-state index contributed by atoms with van der Waals surface area (Å²) in [6.07, 6.45) is 3.97. The van der Waals surface area contributed by atoms with E-state index in [1.807, 2.05) is 43.6 Å². The van der Waals surface area contributed by atoms with E-state index < -0.39 is 0 Å². The van der Waals surface area contributed by atoms with Crippen molar-refractivity contribution in [2.45, 2.75) is 27.2 Å². The number of hydrogen-bond donors (Lipinski definition) is 0. The number of rotatable bonds is 4. The molecule has 136 valence electrons. The predicted octanol–water partition coefficient (Wildman–Crippen LogP) is 4.09. The van der Waals surface area contributed by atoms with Gasteiger partial charge >= 0.3 is 0 Å². The molecular formula is C22H22N4O. The summed E-state index contributed by atoms with van der Waals surface area (Å²) in [4.78, 5) is 17.8. The van der Waals surface area contributed by atoms with Crippen molar-refractivity contribution in [1.29, 1.82) is 0 Å². The van der Waals surface area contributed by atoms with Crippen molar-refractivity contribution in [3.05, 3.63) is 76.9 Å². The van der Waals surface area contributed by atoms with Gasteiger partial charge in [0.25, 0.3) is 0 Å². The molecule has 5 heteroatoms. The van der Waals surface area contributed by atoms with Gasteiger partial charge in [-0.1, -0.05) is 35.9 Å². The van der Waals surface area contributed by atoms with Crippen LogP contribution in [0.15, 0.2) is 48.8 Å². The maximum absolute atomic E-state index is 13.0. The molecule has 0 unspecified atom stereocenters. The first-order valence-corrected chi connectivity index (χ1v) is 9.00. The second-order valence-corrected chi connectivity index (χ2v) is 7.07. The molecule has 0 N–H and O–H groups in total. The number of carbonyl (C=O) groups is 1. The molecule has 0 fully saturated rings. The van der Waals surface area contributed by atoms with Gasteiger partial charge in [0.05, 0.1) is 29.6 Å². The molecular weight excluding hydrogens is 336 g/mol. The van der Waals surface area contributed by atoms with Crippen molar-refractivity contribution >= 4 is 11.4 Å². The summed E-state index contributed by atoms with van der Waals surface area (Å²) in [5, 5.41) is 4.21. The van der Waals surface area contributed by atoms with Crippen LogP contribution in [0.25, 0.3) is 16.9 Å². The lowest BCUT2D eigenvalue weighted by Gasteiger charge is -2.06. The van der Waals surface area contributed by atoms with E-state index in [9.17, 15) is 4.79 Å². The van der Waals surface area contributed by atoms with Crippen molar-refractivity contribution in [2.24, 2.45) is 7.05 Å². The molecule has 5 nitrogen and oxygen atoms in total. The fraction of sp³-hybridized carbons (Fsp3) is 0.227. The molecule has 1 aromatic carbocycles. The Kier molecular flexibility index (Phi) is 4.15. The molecule has 0 spiro atoms. The number of hydrogen-bond acceptors (Lipinski definition) is 3. The van der Waals surface area contributed by atoms with Crippen LogP contribution < -0.4 is 0 Å². The van der Waals surface area contributed by atoms with Crippen molar-refractivity contribution in [2.75, 3.05) is 0 Å². The third-order valence-corrected chi connectivity index (χ3v) is 5.05. The first kappa shape index (κ1) is 17.2. The van der Waals surface area contributed by atoms with Crippen molar-refractivity contribution in [3.8, 4) is 11.3 Å². The Morgan fingerprint density at radius 1 is 1.00 bits per heavy atom. The highest BCUT2D eigenvalue weighted by molar-refractivity contribution is 5.99. The summed E-state index contributed by atoms with van der Waals surface area (Å²) in [7, 11) is 1.85. The van der Waals surface area contributed by atoms with Crippen LogP contribution >= 0.6 is 0 Å². The largest absolute Gasteiger partial charge is 0.303 e. The molecule has 4 aromatic rings. The number of carbonyl (C=O) groups excluding carboxylic acids is 1. The van der Waals surface area contributed by atoms with Gasteiger partial charge < -0.3 is 4.40 Å². The summed E-state index contributed by atoms with van der Waals surface area (Å²) in [5.41, 5.74) is 7.50. The molecule has 0 aliphatic carbocycles. The molecule has 0 bridgehead atoms. The van der Waals surface area contributed by atoms with E-state index in [2.05, 4.69) is 36.3 Å². The lowest BCUT2D eigenvalue weighted by molar-refractivity contribution is 0.0991. The Balaban J connectivity index is 1.85. The van der Waals surface area contributed by atoms with Crippen LogP contribution in [0, 0.1) is 20.8 Å². The van der Waals surface area contributed by atoms with Gasteiger partial charge in [0.2, 0.25) is 0 Å². The van der Waals surface area contributed by atoms with Crippen LogP contribution in [-0.2, 0) is 13.5 Å². The van der Waals surface area contributed by atoms with Crippen molar-refractivity contribution < 1.29 is 4.79 Å². The quantitative estimate of drug-likeness (QED) is 0.517. The van der Waals surface area contributed by atoms with Gasteiger partial charge in [0.1, 0.15) is 5.65 Å². The van der Waals surface area contributed by atoms with Crippen molar-refractivity contribution in [3.63, 3.8) is 0 Å². The molecule has 0 saturated carbocycles. The fourth-order valence-corrected chi connectivity index (χ4v) is 3.33. The SMILES string of the molecule is Cc1ccc(-c2nc3ccc(C)cn3c2CC(=O)c2cnn(C)c2C)cc1. The molecule has 27 heavy (non-hydrogen) atoms. The number of benzene rings is 1. The molecule has 0 amide bonds. The molecule has 4 rings (SSSR count). The molecule has 0 saturated heterocycles. The lowest BCUT2D eigenvalue weighted by atomic mass is 10.0. The minimum absolute atomic E-state index is 0.0530. The normalized spacial score (nSPS) is 11.3. The van der Waals surface area contributed by atoms with Gasteiger partial charge in [-0.3, -0.25) is 9.48 Å². The minimum Gasteiger partial charge on any atom is -0.303 e. The van der Waals surface area contributed by atoms with E-state index in [-0.39, 0.29) is 12.2 Å². The molecule has 3 aromatic heterocycles. The van der Waals surface area contributed by atoms with E-state index in [1.165, 1.54) is 5.56 Å². The molecule has 0 aliphatic heterocycles. The lowest BCUT2D eigenvalue weighted by Crippen LogP contribution is -2.08. The fourth-order valence-electron chi connectivity index (χ4n) is 3.33. The van der Waals surface area contributed by atoms with Crippen LogP contribution in [0.4, 0.5) is 0 Å². The zero-order chi connectivity index (χ0) is 19.1. The monoisotopic (exact) mass is 358 g/mol. The van der Waals surface area contributed by atoms with Gasteiger partial charge in [0, 0.05) is 24.5 Å². The standard InChI is InChI=1S/C22H22N4O/c1-14-5-8-17(9-6-14)22-19(26-13-15(2)7-10-21(26)24-22)11-20(27)18-12-23-25(4)16(18)3/h5-10,12-13H,11H2,1-4H3. The Hall–Kier alpha value is -3.21. The van der Waals surface area contributed by atoms with Crippen molar-refractivity contribution in [1.82, 2.24) is 19.2 Å². The minimum atomic E-state index is 0.0530. The molecule has 0 atom stereocenters. The van der Waals surface area contributed by atoms with E-state index in [0.717, 1.165) is 33.9 Å². The number of nitrogens with zero attached hydrogens (tertiary/aromatic N) is 4. The molecule has 0 aliphatic rings. The Bertz CT molecular complexity index is 1150. The number of aryl methyl sites for hydroxylation is 3. The van der Waals surface area contributed by atoms with Gasteiger partial charge in [0.15, 0.2) is 5.78 Å². The van der Waals surface area contributed by atoms with Crippen LogP contribution in [0.2, 0.25) is 0 Å². The summed E-state index contributed by atoms with van der Waals surface area (Å²) < 4.78 is 3.76. The van der Waals surface area contributed by atoms with Crippen LogP contribution in [0.3, 0.4) is 0 Å². The number of fused-ring (bicyclic) bond motifs is 1. The number of imidazole rings is 1. The van der Waals surface area contributed by atoms with Crippen LogP contribution in [0.5, 0.6) is 0 Å². The topological polar surface area (TPSA) is 52.2 Å². The second-order valence-electron chi connectivity index (χ2n) is 7.07. The van der Waals surface area contributed by atoms with E-state index in [1.54, 1.807) is 10.9 Å². The first-order chi connectivity index (χ1) is 12.9. The van der Waals surface area contributed by atoms with Gasteiger partial charge in [-0.25, -0.2) is 4.98 Å². The van der Waals surface area contributed by atoms with Crippen LogP contribution in [0.1, 0.15) is 32.9 Å². The highest BCUT2D eigenvalue weighted by Gasteiger charge is 2.20. The number of ketones is 1. The van der Waals surface area contributed by atoms with E-state index in [0.29, 0.717) is 5.56 Å². The second kappa shape index (κ2) is 6.50. The first-order valence-electron chi connectivity index (χ1n) is 9.00. The Morgan fingerprint density at radius 3 is 2.37 bits per heavy atom. The average Bonchev–Trinajstić information content (AvgIpc) is 3.16. The average molecular weight is 358 g/mol. The smallest absolute Gasteiger partial charge is 0.172 e.